The van der Waals surface area contributed by atoms with Gasteiger partial charge in [-0.05, 0) is 12.8 Å². The van der Waals surface area contributed by atoms with E-state index in [9.17, 15) is 5.11 Å². The van der Waals surface area contributed by atoms with Gasteiger partial charge in [-0.3, -0.25) is 0 Å². The van der Waals surface area contributed by atoms with Crippen molar-refractivity contribution in [3.8, 4) is 0 Å². The first-order valence-electron chi connectivity index (χ1n) is 8.58. The van der Waals surface area contributed by atoms with Crippen LogP contribution in [0.4, 0.5) is 0 Å². The zero-order chi connectivity index (χ0) is 14.4. The molecule has 0 aromatic carbocycles. The normalized spacial score (nSPS) is 14.5. The molecule has 0 bridgehead atoms. The molecule has 19 heavy (non-hydrogen) atoms. The molecule has 0 saturated heterocycles. The van der Waals surface area contributed by atoms with Crippen LogP contribution in [-0.2, 0) is 0 Å². The van der Waals surface area contributed by atoms with Crippen LogP contribution >= 0.6 is 0 Å². The van der Waals surface area contributed by atoms with Gasteiger partial charge in [0.2, 0.25) is 0 Å². The van der Waals surface area contributed by atoms with Gasteiger partial charge in [0.25, 0.3) is 0 Å². The maximum absolute atomic E-state index is 9.50. The topological polar surface area (TPSA) is 46.2 Å². The number of rotatable bonds is 14. The van der Waals surface area contributed by atoms with E-state index in [4.69, 9.17) is 5.73 Å². The molecule has 0 saturated carbocycles. The number of hydrogen-bond acceptors (Lipinski definition) is 2. The van der Waals surface area contributed by atoms with Crippen molar-refractivity contribution in [1.29, 1.82) is 0 Å². The van der Waals surface area contributed by atoms with E-state index >= 15 is 0 Å². The fourth-order valence-electron chi connectivity index (χ4n) is 2.62. The van der Waals surface area contributed by atoms with Crippen LogP contribution in [0.5, 0.6) is 0 Å². The molecular formula is C17H37NO. The predicted molar refractivity (Wildman–Crippen MR) is 85.4 cm³/mol. The minimum Gasteiger partial charge on any atom is -0.394 e. The van der Waals surface area contributed by atoms with Crippen molar-refractivity contribution >= 4 is 0 Å². The molecule has 0 radical (unpaired) electrons. The molecule has 2 nitrogen and oxygen atoms in total. The number of aliphatic hydroxyl groups is 1. The van der Waals surface area contributed by atoms with Crippen LogP contribution in [0.15, 0.2) is 0 Å². The summed E-state index contributed by atoms with van der Waals surface area (Å²) in [6, 6.07) is 0. The molecule has 0 aromatic heterocycles. The summed E-state index contributed by atoms with van der Waals surface area (Å²) < 4.78 is 0. The molecule has 1 atom stereocenters. The number of unbranched alkanes of at least 4 members (excludes halogenated alkanes) is 9. The average Bonchev–Trinajstić information content (AvgIpc) is 2.42. The van der Waals surface area contributed by atoms with Crippen LogP contribution in [0.1, 0.15) is 97.3 Å². The first kappa shape index (κ1) is 18.9. The minimum atomic E-state index is -0.309. The Morgan fingerprint density at radius 3 is 1.42 bits per heavy atom. The monoisotopic (exact) mass is 271 g/mol. The molecular weight excluding hydrogens is 234 g/mol. The van der Waals surface area contributed by atoms with Crippen molar-refractivity contribution in [1.82, 2.24) is 0 Å². The van der Waals surface area contributed by atoms with Gasteiger partial charge < -0.3 is 10.8 Å². The second-order valence-corrected chi connectivity index (χ2v) is 6.20. The van der Waals surface area contributed by atoms with Gasteiger partial charge in [0.15, 0.2) is 0 Å². The first-order chi connectivity index (χ1) is 9.18. The zero-order valence-corrected chi connectivity index (χ0v) is 13.4. The average molecular weight is 271 g/mol. The van der Waals surface area contributed by atoms with Gasteiger partial charge in [-0.25, -0.2) is 0 Å². The van der Waals surface area contributed by atoms with Crippen LogP contribution < -0.4 is 5.73 Å². The number of hydrogen-bond donors (Lipinski definition) is 2. The highest BCUT2D eigenvalue weighted by atomic mass is 16.3. The Morgan fingerprint density at radius 1 is 0.684 bits per heavy atom. The van der Waals surface area contributed by atoms with E-state index in [1.165, 1.54) is 70.6 Å². The molecule has 0 amide bonds. The molecule has 0 heterocycles. The molecule has 0 rings (SSSR count). The lowest BCUT2D eigenvalue weighted by Crippen LogP contribution is -2.43. The Morgan fingerprint density at radius 2 is 1.05 bits per heavy atom. The highest BCUT2D eigenvalue weighted by Gasteiger charge is 2.22. The maximum atomic E-state index is 9.50. The van der Waals surface area contributed by atoms with Crippen LogP contribution in [-0.4, -0.2) is 17.3 Å². The summed E-state index contributed by atoms with van der Waals surface area (Å²) in [5, 5.41) is 9.50. The van der Waals surface area contributed by atoms with Gasteiger partial charge in [0.1, 0.15) is 0 Å². The third-order valence-electron chi connectivity index (χ3n) is 4.12. The summed E-state index contributed by atoms with van der Waals surface area (Å²) in [7, 11) is 0. The van der Waals surface area contributed by atoms with E-state index in [1.807, 2.05) is 0 Å². The van der Waals surface area contributed by atoms with Crippen LogP contribution in [0, 0.1) is 0 Å². The summed E-state index contributed by atoms with van der Waals surface area (Å²) >= 11 is 0. The molecule has 0 spiro atoms. The van der Waals surface area contributed by atoms with Crippen molar-refractivity contribution in [2.24, 2.45) is 5.73 Å². The van der Waals surface area contributed by atoms with Crippen molar-refractivity contribution in [3.63, 3.8) is 0 Å². The lowest BCUT2D eigenvalue weighted by atomic mass is 9.88. The van der Waals surface area contributed by atoms with Gasteiger partial charge in [-0.2, -0.15) is 0 Å². The second-order valence-electron chi connectivity index (χ2n) is 6.20. The fraction of sp³-hybridized carbons (Fsp3) is 1.00. The molecule has 1 unspecified atom stereocenters. The van der Waals surface area contributed by atoms with Crippen molar-refractivity contribution in [3.05, 3.63) is 0 Å². The maximum Gasteiger partial charge on any atom is 0.0611 e. The van der Waals surface area contributed by atoms with Gasteiger partial charge in [-0.15, -0.1) is 0 Å². The third-order valence-corrected chi connectivity index (χ3v) is 4.12. The lowest BCUT2D eigenvalue weighted by molar-refractivity contribution is 0.171. The van der Waals surface area contributed by atoms with Gasteiger partial charge >= 0.3 is 0 Å². The molecule has 2 heteroatoms. The predicted octanol–water partition coefficient (Wildman–Crippen LogP) is 4.79. The highest BCUT2D eigenvalue weighted by Crippen LogP contribution is 2.20. The van der Waals surface area contributed by atoms with Crippen LogP contribution in [0.3, 0.4) is 0 Å². The Bertz CT molecular complexity index is 184. The Balaban J connectivity index is 3.58. The van der Waals surface area contributed by atoms with Gasteiger partial charge in [0.05, 0.1) is 6.61 Å². The van der Waals surface area contributed by atoms with Crippen molar-refractivity contribution in [2.75, 3.05) is 6.61 Å². The van der Waals surface area contributed by atoms with E-state index in [-0.39, 0.29) is 12.1 Å². The first-order valence-corrected chi connectivity index (χ1v) is 8.58. The van der Waals surface area contributed by atoms with E-state index in [1.54, 1.807) is 0 Å². The summed E-state index contributed by atoms with van der Waals surface area (Å²) in [6.45, 7) is 4.63. The Hall–Kier alpha value is -0.0800. The van der Waals surface area contributed by atoms with Gasteiger partial charge in [-0.1, -0.05) is 84.5 Å². The Labute approximate surface area is 121 Å². The van der Waals surface area contributed by atoms with Crippen LogP contribution in [0.25, 0.3) is 0 Å². The summed E-state index contributed by atoms with van der Waals surface area (Å²) in [5.41, 5.74) is 5.99. The third kappa shape index (κ3) is 11.4. The number of nitrogens with two attached hydrogens (primary N) is 1. The molecule has 0 aliphatic heterocycles. The van der Waals surface area contributed by atoms with Crippen molar-refractivity contribution < 1.29 is 5.11 Å². The summed E-state index contributed by atoms with van der Waals surface area (Å²) in [6.07, 6.45) is 16.1. The smallest absolute Gasteiger partial charge is 0.0611 e. The minimum absolute atomic E-state index is 0.149. The van der Waals surface area contributed by atoms with Gasteiger partial charge in [0, 0.05) is 5.54 Å². The van der Waals surface area contributed by atoms with E-state index < -0.39 is 0 Å². The molecule has 0 aliphatic carbocycles. The van der Waals surface area contributed by atoms with E-state index in [2.05, 4.69) is 13.8 Å². The summed E-state index contributed by atoms with van der Waals surface area (Å²) in [5.74, 6) is 0. The second kappa shape index (κ2) is 12.9. The SMILES string of the molecule is CCCCCCCCC(N)(CO)CCCCCCC. The largest absolute Gasteiger partial charge is 0.394 e. The fourth-order valence-corrected chi connectivity index (χ4v) is 2.62. The zero-order valence-electron chi connectivity index (χ0n) is 13.4. The quantitative estimate of drug-likeness (QED) is 0.446. The van der Waals surface area contributed by atoms with E-state index in [0.29, 0.717) is 0 Å². The highest BCUT2D eigenvalue weighted by molar-refractivity contribution is 4.83. The molecule has 0 aliphatic rings. The Kier molecular flexibility index (Phi) is 12.9. The van der Waals surface area contributed by atoms with Crippen LogP contribution in [0.2, 0.25) is 0 Å². The molecule has 0 fully saturated rings. The molecule has 116 valence electrons. The standard InChI is InChI=1S/C17H37NO/c1-3-5-7-9-11-13-15-17(18,16-19)14-12-10-8-6-4-2/h19H,3-16,18H2,1-2H3. The molecule has 3 N–H and O–H groups in total. The number of aliphatic hydroxyl groups excluding tert-OH is 1. The summed E-state index contributed by atoms with van der Waals surface area (Å²) in [4.78, 5) is 0. The van der Waals surface area contributed by atoms with Crippen molar-refractivity contribution in [2.45, 2.75) is 103 Å². The molecule has 0 aromatic rings. The lowest BCUT2D eigenvalue weighted by Gasteiger charge is -2.27. The van der Waals surface area contributed by atoms with E-state index in [0.717, 1.165) is 12.8 Å².